The predicted octanol–water partition coefficient (Wildman–Crippen LogP) is 4.39. The van der Waals surface area contributed by atoms with Crippen molar-refractivity contribution in [3.63, 3.8) is 0 Å². The monoisotopic (exact) mass is 430 g/mol. The molecule has 0 aliphatic heterocycles. The second-order valence-electron chi connectivity index (χ2n) is 8.39. The van der Waals surface area contributed by atoms with Crippen LogP contribution in [0.15, 0.2) is 72.8 Å². The van der Waals surface area contributed by atoms with Crippen molar-refractivity contribution in [3.05, 3.63) is 95.1 Å². The number of anilines is 1. The molecule has 0 fully saturated rings. The quantitative estimate of drug-likeness (QED) is 0.584. The number of carbonyl (C=O) groups is 1. The summed E-state index contributed by atoms with van der Waals surface area (Å²) in [5.74, 6) is 0.679. The van der Waals surface area contributed by atoms with Gasteiger partial charge in [0.1, 0.15) is 12.4 Å². The van der Waals surface area contributed by atoms with E-state index in [1.807, 2.05) is 60.7 Å². The number of ether oxygens (including phenoxy) is 1. The average molecular weight is 431 g/mol. The molecule has 4 rings (SSSR count). The van der Waals surface area contributed by atoms with Gasteiger partial charge >= 0.3 is 0 Å². The number of aliphatic hydroxyl groups excluding tert-OH is 1. The highest BCUT2D eigenvalue weighted by Gasteiger charge is 2.32. The van der Waals surface area contributed by atoms with E-state index < -0.39 is 6.10 Å². The lowest BCUT2D eigenvalue weighted by Crippen LogP contribution is -2.41. The summed E-state index contributed by atoms with van der Waals surface area (Å²) >= 11 is 0. The molecule has 0 saturated heterocycles. The van der Waals surface area contributed by atoms with Crippen LogP contribution in [0.1, 0.15) is 41.7 Å². The van der Waals surface area contributed by atoms with E-state index in [0.717, 1.165) is 41.1 Å². The van der Waals surface area contributed by atoms with Crippen LogP contribution in [0.4, 0.5) is 5.69 Å². The zero-order chi connectivity index (χ0) is 22.5. The number of aliphatic hydroxyl groups is 1. The van der Waals surface area contributed by atoms with Crippen LogP contribution in [0, 0.1) is 0 Å². The van der Waals surface area contributed by atoms with Gasteiger partial charge in [0, 0.05) is 20.5 Å². The molecule has 5 nitrogen and oxygen atoms in total. The highest BCUT2D eigenvalue weighted by molar-refractivity contribution is 5.74. The summed E-state index contributed by atoms with van der Waals surface area (Å²) < 4.78 is 6.28. The molecular weight excluding hydrogens is 400 g/mol. The van der Waals surface area contributed by atoms with Gasteiger partial charge in [-0.15, -0.1) is 0 Å². The van der Waals surface area contributed by atoms with E-state index in [-0.39, 0.29) is 11.9 Å². The highest BCUT2D eigenvalue weighted by atomic mass is 16.5. The summed E-state index contributed by atoms with van der Waals surface area (Å²) in [7, 11) is 2.06. The lowest BCUT2D eigenvalue weighted by Gasteiger charge is -2.34. The Bertz CT molecular complexity index is 1050. The van der Waals surface area contributed by atoms with Crippen molar-refractivity contribution in [2.24, 2.45) is 0 Å². The van der Waals surface area contributed by atoms with Crippen LogP contribution in [0.2, 0.25) is 0 Å². The normalized spacial score (nSPS) is 17.3. The Morgan fingerprint density at radius 1 is 1.03 bits per heavy atom. The van der Waals surface area contributed by atoms with Crippen molar-refractivity contribution in [2.75, 3.05) is 11.9 Å². The van der Waals surface area contributed by atoms with Crippen LogP contribution in [-0.4, -0.2) is 24.1 Å². The SMILES string of the molecule is CC(=O)NC1CCc2c(ccc(OCc3ccccc3)c2N(C)Cc2ccccc2)C1O. The predicted molar refractivity (Wildman–Crippen MR) is 127 cm³/mol. The number of nitrogens with one attached hydrogen (secondary N) is 1. The molecule has 0 bridgehead atoms. The first-order valence-electron chi connectivity index (χ1n) is 11.1. The third kappa shape index (κ3) is 4.94. The standard InChI is InChI=1S/C27H30N2O3/c1-19(30)28-24-15-13-22-23(27(24)31)14-16-25(32-18-21-11-7-4-8-12-21)26(22)29(2)17-20-9-5-3-6-10-20/h3-12,14,16,24,27,31H,13,15,17-18H2,1-2H3,(H,28,30). The zero-order valence-electron chi connectivity index (χ0n) is 18.6. The van der Waals surface area contributed by atoms with E-state index in [1.54, 1.807) is 0 Å². The molecule has 1 amide bonds. The van der Waals surface area contributed by atoms with E-state index in [1.165, 1.54) is 12.5 Å². The smallest absolute Gasteiger partial charge is 0.217 e. The van der Waals surface area contributed by atoms with Gasteiger partial charge in [0.25, 0.3) is 0 Å². The van der Waals surface area contributed by atoms with Crippen molar-refractivity contribution in [1.82, 2.24) is 5.32 Å². The van der Waals surface area contributed by atoms with Crippen LogP contribution in [-0.2, 0) is 24.4 Å². The Balaban J connectivity index is 1.67. The van der Waals surface area contributed by atoms with Crippen molar-refractivity contribution in [3.8, 4) is 5.75 Å². The Kier molecular flexibility index (Phi) is 6.76. The largest absolute Gasteiger partial charge is 0.487 e. The highest BCUT2D eigenvalue weighted by Crippen LogP contribution is 2.42. The summed E-state index contributed by atoms with van der Waals surface area (Å²) in [5.41, 5.74) is 5.25. The zero-order valence-corrected chi connectivity index (χ0v) is 18.6. The minimum atomic E-state index is -0.741. The number of benzene rings is 3. The first-order chi connectivity index (χ1) is 15.5. The number of carbonyl (C=O) groups excluding carboxylic acids is 1. The molecule has 5 heteroatoms. The Labute approximate surface area is 189 Å². The summed E-state index contributed by atoms with van der Waals surface area (Å²) in [6, 6.07) is 24.0. The van der Waals surface area contributed by atoms with Gasteiger partial charge in [-0.05, 0) is 41.2 Å². The van der Waals surface area contributed by atoms with E-state index >= 15 is 0 Å². The van der Waals surface area contributed by atoms with Crippen molar-refractivity contribution < 1.29 is 14.6 Å². The summed E-state index contributed by atoms with van der Waals surface area (Å²) in [6.45, 7) is 2.69. The second-order valence-corrected chi connectivity index (χ2v) is 8.39. The lowest BCUT2D eigenvalue weighted by atomic mass is 9.84. The summed E-state index contributed by atoms with van der Waals surface area (Å²) in [6.07, 6.45) is 0.700. The average Bonchev–Trinajstić information content (AvgIpc) is 2.80. The van der Waals surface area contributed by atoms with E-state index in [9.17, 15) is 9.90 Å². The molecule has 1 aliphatic carbocycles. The molecule has 166 valence electrons. The van der Waals surface area contributed by atoms with E-state index in [2.05, 4.69) is 29.4 Å². The fourth-order valence-electron chi connectivity index (χ4n) is 4.46. The van der Waals surface area contributed by atoms with Crippen LogP contribution >= 0.6 is 0 Å². The van der Waals surface area contributed by atoms with Crippen molar-refractivity contribution >= 4 is 11.6 Å². The maximum atomic E-state index is 11.6. The number of fused-ring (bicyclic) bond motifs is 1. The molecule has 32 heavy (non-hydrogen) atoms. The van der Waals surface area contributed by atoms with Crippen LogP contribution in [0.25, 0.3) is 0 Å². The second kappa shape index (κ2) is 9.88. The number of rotatable bonds is 7. The molecule has 0 heterocycles. The molecular formula is C27H30N2O3. The molecule has 0 saturated carbocycles. The van der Waals surface area contributed by atoms with Gasteiger partial charge < -0.3 is 20.1 Å². The molecule has 3 aromatic rings. The minimum Gasteiger partial charge on any atom is -0.487 e. The summed E-state index contributed by atoms with van der Waals surface area (Å²) in [5, 5.41) is 13.9. The number of hydrogen-bond acceptors (Lipinski definition) is 4. The molecule has 3 aromatic carbocycles. The molecule has 0 aromatic heterocycles. The molecule has 1 aliphatic rings. The fourth-order valence-corrected chi connectivity index (χ4v) is 4.46. The van der Waals surface area contributed by atoms with Gasteiger partial charge in [0.05, 0.1) is 17.8 Å². The van der Waals surface area contributed by atoms with Gasteiger partial charge in [-0.25, -0.2) is 0 Å². The summed E-state index contributed by atoms with van der Waals surface area (Å²) in [4.78, 5) is 13.8. The van der Waals surface area contributed by atoms with Gasteiger partial charge in [0.2, 0.25) is 5.91 Å². The number of nitrogens with zero attached hydrogens (tertiary/aromatic N) is 1. The van der Waals surface area contributed by atoms with Gasteiger partial charge in [-0.3, -0.25) is 4.79 Å². The van der Waals surface area contributed by atoms with E-state index in [4.69, 9.17) is 4.74 Å². The Hall–Kier alpha value is -3.31. The van der Waals surface area contributed by atoms with Crippen LogP contribution in [0.3, 0.4) is 0 Å². The minimum absolute atomic E-state index is 0.123. The maximum Gasteiger partial charge on any atom is 0.217 e. The van der Waals surface area contributed by atoms with Crippen molar-refractivity contribution in [2.45, 2.75) is 45.1 Å². The number of amides is 1. The van der Waals surface area contributed by atoms with Crippen LogP contribution < -0.4 is 15.0 Å². The van der Waals surface area contributed by atoms with Crippen LogP contribution in [0.5, 0.6) is 5.75 Å². The molecule has 0 radical (unpaired) electrons. The third-order valence-corrected chi connectivity index (χ3v) is 5.96. The van der Waals surface area contributed by atoms with Gasteiger partial charge in [-0.1, -0.05) is 66.7 Å². The van der Waals surface area contributed by atoms with Gasteiger partial charge in [0.15, 0.2) is 0 Å². The first-order valence-corrected chi connectivity index (χ1v) is 11.1. The molecule has 2 unspecified atom stereocenters. The first kappa shape index (κ1) is 21.9. The topological polar surface area (TPSA) is 61.8 Å². The van der Waals surface area contributed by atoms with E-state index in [0.29, 0.717) is 13.0 Å². The van der Waals surface area contributed by atoms with Gasteiger partial charge in [-0.2, -0.15) is 0 Å². The third-order valence-electron chi connectivity index (χ3n) is 5.96. The fraction of sp³-hybridized carbons (Fsp3) is 0.296. The Morgan fingerprint density at radius 3 is 2.34 bits per heavy atom. The Morgan fingerprint density at radius 2 is 1.69 bits per heavy atom. The molecule has 2 atom stereocenters. The number of hydrogen-bond donors (Lipinski definition) is 2. The molecule has 0 spiro atoms. The van der Waals surface area contributed by atoms with Crippen molar-refractivity contribution in [1.29, 1.82) is 0 Å². The maximum absolute atomic E-state index is 11.6. The lowest BCUT2D eigenvalue weighted by molar-refractivity contribution is -0.120. The molecule has 2 N–H and O–H groups in total.